The van der Waals surface area contributed by atoms with Gasteiger partial charge in [0, 0.05) is 19.0 Å². The van der Waals surface area contributed by atoms with Gasteiger partial charge in [0.25, 0.3) is 0 Å². The third-order valence-electron chi connectivity index (χ3n) is 3.56. The lowest BCUT2D eigenvalue weighted by Crippen LogP contribution is -2.38. The van der Waals surface area contributed by atoms with Gasteiger partial charge in [-0.05, 0) is 38.8 Å². The highest BCUT2D eigenvalue weighted by molar-refractivity contribution is 7.89. The number of nitrogens with one attached hydrogen (secondary N) is 2. The van der Waals surface area contributed by atoms with Gasteiger partial charge in [0.1, 0.15) is 6.61 Å². The van der Waals surface area contributed by atoms with E-state index in [1.54, 1.807) is 26.0 Å². The number of hydrogen-bond donors (Lipinski definition) is 2. The van der Waals surface area contributed by atoms with Gasteiger partial charge in [-0.2, -0.15) is 13.2 Å². The summed E-state index contributed by atoms with van der Waals surface area (Å²) in [6, 6.07) is 2.89. The van der Waals surface area contributed by atoms with Crippen LogP contribution >= 0.6 is 0 Å². The van der Waals surface area contributed by atoms with Crippen molar-refractivity contribution in [2.45, 2.75) is 51.2 Å². The number of carbonyl (C=O) groups is 1. The molecule has 2 N–H and O–H groups in total. The smallest absolute Gasteiger partial charge is 0.370 e. The number of amides is 1. The van der Waals surface area contributed by atoms with E-state index in [0.29, 0.717) is 11.1 Å². The second kappa shape index (κ2) is 9.52. The van der Waals surface area contributed by atoms with Crippen LogP contribution in [0.4, 0.5) is 13.2 Å². The Morgan fingerprint density at radius 3 is 2.26 bits per heavy atom. The van der Waals surface area contributed by atoms with Gasteiger partial charge in [0.05, 0.1) is 11.5 Å². The third-order valence-corrected chi connectivity index (χ3v) is 5.32. The van der Waals surface area contributed by atoms with Crippen molar-refractivity contribution in [3.05, 3.63) is 28.8 Å². The standard InChI is InChI=1S/C17H25F3N2O4S/c1-11-7-12(2)16(13(3)8-11)27(24,25)21-6-5-15(23)22-14(4)9-26-10-17(18,19)20/h7-8,14,21H,5-6,9-10H2,1-4H3,(H,22,23). The Bertz CT molecular complexity index is 741. The van der Waals surface area contributed by atoms with Crippen molar-refractivity contribution < 1.29 is 31.1 Å². The Kier molecular flexibility index (Phi) is 8.24. The Morgan fingerprint density at radius 1 is 1.19 bits per heavy atom. The van der Waals surface area contributed by atoms with E-state index in [9.17, 15) is 26.4 Å². The van der Waals surface area contributed by atoms with Crippen molar-refractivity contribution in [1.29, 1.82) is 0 Å². The van der Waals surface area contributed by atoms with Crippen molar-refractivity contribution in [2.75, 3.05) is 19.8 Å². The second-order valence-corrected chi connectivity index (χ2v) is 8.18. The minimum atomic E-state index is -4.42. The average molecular weight is 410 g/mol. The first-order valence-corrected chi connectivity index (χ1v) is 9.81. The molecule has 0 spiro atoms. The van der Waals surface area contributed by atoms with Gasteiger partial charge in [-0.15, -0.1) is 0 Å². The molecule has 0 heterocycles. The zero-order chi connectivity index (χ0) is 20.8. The Balaban J connectivity index is 2.49. The maximum absolute atomic E-state index is 12.5. The number of hydrogen-bond acceptors (Lipinski definition) is 4. The van der Waals surface area contributed by atoms with Crippen molar-refractivity contribution in [2.24, 2.45) is 0 Å². The Labute approximate surface area is 157 Å². The van der Waals surface area contributed by atoms with Crippen LogP contribution in [0.25, 0.3) is 0 Å². The maximum atomic E-state index is 12.5. The molecule has 0 aliphatic carbocycles. The third kappa shape index (κ3) is 8.27. The molecule has 0 aliphatic rings. The van der Waals surface area contributed by atoms with E-state index in [1.807, 2.05) is 6.92 Å². The Hall–Kier alpha value is -1.65. The van der Waals surface area contributed by atoms with Gasteiger partial charge in [-0.1, -0.05) is 17.7 Å². The molecule has 6 nitrogen and oxygen atoms in total. The zero-order valence-electron chi connectivity index (χ0n) is 15.7. The maximum Gasteiger partial charge on any atom is 0.411 e. The van der Waals surface area contributed by atoms with Gasteiger partial charge in [0.2, 0.25) is 15.9 Å². The lowest BCUT2D eigenvalue weighted by molar-refractivity contribution is -0.175. The van der Waals surface area contributed by atoms with Crippen LogP contribution in [0.15, 0.2) is 17.0 Å². The van der Waals surface area contributed by atoms with Crippen LogP contribution < -0.4 is 10.0 Å². The fourth-order valence-electron chi connectivity index (χ4n) is 2.70. The van der Waals surface area contributed by atoms with E-state index < -0.39 is 34.8 Å². The monoisotopic (exact) mass is 410 g/mol. The molecule has 27 heavy (non-hydrogen) atoms. The SMILES string of the molecule is Cc1cc(C)c(S(=O)(=O)NCCC(=O)NC(C)COCC(F)(F)F)c(C)c1. The molecule has 1 rings (SSSR count). The summed E-state index contributed by atoms with van der Waals surface area (Å²) >= 11 is 0. The molecule has 10 heteroatoms. The molecule has 0 saturated carbocycles. The van der Waals surface area contributed by atoms with Crippen molar-refractivity contribution in [3.63, 3.8) is 0 Å². The van der Waals surface area contributed by atoms with Crippen LogP contribution in [-0.2, 0) is 19.6 Å². The highest BCUT2D eigenvalue weighted by atomic mass is 32.2. The molecule has 154 valence electrons. The molecule has 1 aromatic rings. The molecule has 0 aromatic heterocycles. The van der Waals surface area contributed by atoms with Crippen molar-refractivity contribution in [1.82, 2.24) is 10.0 Å². The molecule has 1 atom stereocenters. The number of alkyl halides is 3. The summed E-state index contributed by atoms with van der Waals surface area (Å²) in [5, 5.41) is 2.46. The molecular formula is C17H25F3N2O4S. The van der Waals surface area contributed by atoms with Crippen molar-refractivity contribution in [3.8, 4) is 0 Å². The van der Waals surface area contributed by atoms with Gasteiger partial charge < -0.3 is 10.1 Å². The summed E-state index contributed by atoms with van der Waals surface area (Å²) in [6.07, 6.45) is -4.57. The van der Waals surface area contributed by atoms with E-state index in [-0.39, 0.29) is 24.5 Å². The van der Waals surface area contributed by atoms with E-state index >= 15 is 0 Å². The lowest BCUT2D eigenvalue weighted by Gasteiger charge is -2.16. The minimum Gasteiger partial charge on any atom is -0.370 e. The lowest BCUT2D eigenvalue weighted by atomic mass is 10.1. The normalized spacial score (nSPS) is 13.4. The topological polar surface area (TPSA) is 84.5 Å². The van der Waals surface area contributed by atoms with E-state index in [1.165, 1.54) is 6.92 Å². The summed E-state index contributed by atoms with van der Waals surface area (Å²) < 4.78 is 67.7. The number of sulfonamides is 1. The van der Waals surface area contributed by atoms with Crippen LogP contribution in [0.1, 0.15) is 30.0 Å². The van der Waals surface area contributed by atoms with E-state index in [0.717, 1.165) is 5.56 Å². The number of aryl methyl sites for hydroxylation is 3. The average Bonchev–Trinajstić information content (AvgIpc) is 2.43. The highest BCUT2D eigenvalue weighted by Gasteiger charge is 2.27. The Morgan fingerprint density at radius 2 is 1.74 bits per heavy atom. The van der Waals surface area contributed by atoms with Crippen LogP contribution in [0.3, 0.4) is 0 Å². The molecule has 0 radical (unpaired) electrons. The summed E-state index contributed by atoms with van der Waals surface area (Å²) in [6.45, 7) is 4.96. The zero-order valence-corrected chi connectivity index (χ0v) is 16.6. The second-order valence-electron chi connectivity index (χ2n) is 6.47. The summed E-state index contributed by atoms with van der Waals surface area (Å²) in [5.41, 5.74) is 2.17. The molecular weight excluding hydrogens is 385 g/mol. The van der Waals surface area contributed by atoms with Crippen LogP contribution in [0, 0.1) is 20.8 Å². The minimum absolute atomic E-state index is 0.128. The van der Waals surface area contributed by atoms with Crippen molar-refractivity contribution >= 4 is 15.9 Å². The molecule has 0 aliphatic heterocycles. The van der Waals surface area contributed by atoms with Crippen LogP contribution in [0.5, 0.6) is 0 Å². The van der Waals surface area contributed by atoms with E-state index in [2.05, 4.69) is 14.8 Å². The first-order valence-electron chi connectivity index (χ1n) is 8.33. The molecule has 0 fully saturated rings. The molecule has 1 unspecified atom stereocenters. The number of ether oxygens (including phenoxy) is 1. The number of halogens is 3. The summed E-state index contributed by atoms with van der Waals surface area (Å²) in [7, 11) is -3.77. The van der Waals surface area contributed by atoms with Gasteiger partial charge in [-0.3, -0.25) is 4.79 Å². The predicted molar refractivity (Wildman–Crippen MR) is 94.9 cm³/mol. The predicted octanol–water partition coefficient (Wildman–Crippen LogP) is 2.36. The first-order chi connectivity index (χ1) is 12.3. The molecule has 0 saturated heterocycles. The summed E-state index contributed by atoms with van der Waals surface area (Å²) in [4.78, 5) is 12.0. The van der Waals surface area contributed by atoms with E-state index in [4.69, 9.17) is 0 Å². The van der Waals surface area contributed by atoms with Gasteiger partial charge in [0.15, 0.2) is 0 Å². The van der Waals surface area contributed by atoms with Crippen LogP contribution in [0.2, 0.25) is 0 Å². The quantitative estimate of drug-likeness (QED) is 0.655. The highest BCUT2D eigenvalue weighted by Crippen LogP contribution is 2.21. The molecule has 1 aromatic carbocycles. The van der Waals surface area contributed by atoms with Crippen LogP contribution in [-0.4, -0.2) is 46.3 Å². The molecule has 0 bridgehead atoms. The van der Waals surface area contributed by atoms with Gasteiger partial charge >= 0.3 is 6.18 Å². The summed E-state index contributed by atoms with van der Waals surface area (Å²) in [5.74, 6) is -0.488. The fraction of sp³-hybridized carbons (Fsp3) is 0.588. The number of benzene rings is 1. The first kappa shape index (κ1) is 23.4. The largest absolute Gasteiger partial charge is 0.411 e. The number of carbonyl (C=O) groups excluding carboxylic acids is 1. The molecule has 1 amide bonds. The number of rotatable bonds is 9. The fourth-order valence-corrected chi connectivity index (χ4v) is 4.18. The van der Waals surface area contributed by atoms with Gasteiger partial charge in [-0.25, -0.2) is 13.1 Å².